The van der Waals surface area contributed by atoms with Gasteiger partial charge < -0.3 is 10.3 Å². The van der Waals surface area contributed by atoms with Gasteiger partial charge in [0.25, 0.3) is 0 Å². The molecule has 1 saturated carbocycles. The zero-order chi connectivity index (χ0) is 13.5. The molecule has 2 N–H and O–H groups in total. The van der Waals surface area contributed by atoms with Gasteiger partial charge in [0.15, 0.2) is 0 Å². The monoisotopic (exact) mass is 267 g/mol. The molecule has 0 bridgehead atoms. The first-order valence-corrected chi connectivity index (χ1v) is 6.61. The molecular formula is C14H13N5O. The Bertz CT molecular complexity index is 751. The molecule has 20 heavy (non-hydrogen) atoms. The molecule has 1 aliphatic carbocycles. The molecule has 1 amide bonds. The van der Waals surface area contributed by atoms with Crippen molar-refractivity contribution in [1.82, 2.24) is 19.7 Å². The molecule has 0 aliphatic heterocycles. The second-order valence-electron chi connectivity index (χ2n) is 4.97. The van der Waals surface area contributed by atoms with Gasteiger partial charge in [0, 0.05) is 12.0 Å². The predicted molar refractivity (Wildman–Crippen MR) is 74.6 cm³/mol. The number of fused-ring (bicyclic) bond motifs is 1. The number of hydrogen-bond acceptors (Lipinski definition) is 3. The number of rotatable bonds is 3. The molecule has 0 unspecified atom stereocenters. The number of nitrogens with one attached hydrogen (secondary N) is 2. The van der Waals surface area contributed by atoms with Crippen LogP contribution < -0.4 is 5.32 Å². The Balaban J connectivity index is 1.70. The summed E-state index contributed by atoms with van der Waals surface area (Å²) in [4.78, 5) is 19.5. The summed E-state index contributed by atoms with van der Waals surface area (Å²) in [6, 6.07) is 9.54. The van der Waals surface area contributed by atoms with E-state index in [-0.39, 0.29) is 11.8 Å². The number of carbonyl (C=O) groups is 1. The number of imidazole rings is 1. The van der Waals surface area contributed by atoms with Gasteiger partial charge in [-0.1, -0.05) is 12.1 Å². The van der Waals surface area contributed by atoms with Gasteiger partial charge in [0.05, 0.1) is 17.2 Å². The third-order valence-electron chi connectivity index (χ3n) is 3.42. The lowest BCUT2D eigenvalue weighted by Crippen LogP contribution is -2.16. The molecular weight excluding hydrogens is 254 g/mol. The lowest BCUT2D eigenvalue weighted by molar-refractivity contribution is -0.117. The highest BCUT2D eigenvalue weighted by molar-refractivity contribution is 5.93. The van der Waals surface area contributed by atoms with Crippen LogP contribution in [-0.2, 0) is 4.79 Å². The fraction of sp³-hybridized carbons (Fsp3) is 0.214. The molecule has 3 aromatic rings. The van der Waals surface area contributed by atoms with E-state index in [0.29, 0.717) is 11.8 Å². The molecule has 2 aromatic heterocycles. The van der Waals surface area contributed by atoms with Gasteiger partial charge in [-0.05, 0) is 25.0 Å². The van der Waals surface area contributed by atoms with E-state index in [1.165, 1.54) is 0 Å². The Kier molecular flexibility index (Phi) is 2.35. The van der Waals surface area contributed by atoms with Crippen molar-refractivity contribution in [2.45, 2.75) is 12.8 Å². The molecule has 6 heteroatoms. The number of aromatic amines is 1. The van der Waals surface area contributed by atoms with E-state index in [9.17, 15) is 4.79 Å². The van der Waals surface area contributed by atoms with E-state index in [1.807, 2.05) is 24.3 Å². The van der Waals surface area contributed by atoms with Crippen LogP contribution >= 0.6 is 0 Å². The zero-order valence-corrected chi connectivity index (χ0v) is 10.7. The Morgan fingerprint density at radius 1 is 1.30 bits per heavy atom. The van der Waals surface area contributed by atoms with E-state index < -0.39 is 0 Å². The molecule has 1 aromatic carbocycles. The summed E-state index contributed by atoms with van der Waals surface area (Å²) in [5, 5.41) is 7.12. The molecule has 1 fully saturated rings. The first-order valence-electron chi connectivity index (χ1n) is 6.61. The molecule has 0 spiro atoms. The quantitative estimate of drug-likeness (QED) is 0.763. The average Bonchev–Trinajstić information content (AvgIpc) is 3.07. The minimum Gasteiger partial charge on any atom is -0.322 e. The van der Waals surface area contributed by atoms with Crippen molar-refractivity contribution in [1.29, 1.82) is 0 Å². The van der Waals surface area contributed by atoms with Crippen LogP contribution in [0.25, 0.3) is 17.0 Å². The first kappa shape index (κ1) is 11.2. The van der Waals surface area contributed by atoms with E-state index in [4.69, 9.17) is 0 Å². The number of amides is 1. The number of nitrogens with zero attached hydrogens (tertiary/aromatic N) is 3. The second kappa shape index (κ2) is 4.19. The maximum atomic E-state index is 11.8. The van der Waals surface area contributed by atoms with Crippen LogP contribution in [0.15, 0.2) is 36.5 Å². The highest BCUT2D eigenvalue weighted by Gasteiger charge is 2.30. The van der Waals surface area contributed by atoms with Gasteiger partial charge in [-0.25, -0.2) is 4.98 Å². The van der Waals surface area contributed by atoms with Gasteiger partial charge in [-0.2, -0.15) is 9.78 Å². The number of benzene rings is 1. The Labute approximate surface area is 114 Å². The van der Waals surface area contributed by atoms with E-state index in [2.05, 4.69) is 20.4 Å². The predicted octanol–water partition coefficient (Wildman–Crippen LogP) is 2.10. The second-order valence-corrected chi connectivity index (χ2v) is 4.97. The van der Waals surface area contributed by atoms with Gasteiger partial charge in [-0.15, -0.1) is 0 Å². The number of hydrogen-bond donors (Lipinski definition) is 2. The summed E-state index contributed by atoms with van der Waals surface area (Å²) in [7, 11) is 0. The first-order chi connectivity index (χ1) is 9.81. The van der Waals surface area contributed by atoms with Crippen LogP contribution in [0.2, 0.25) is 0 Å². The summed E-state index contributed by atoms with van der Waals surface area (Å²) < 4.78 is 1.61. The Morgan fingerprint density at radius 3 is 2.95 bits per heavy atom. The highest BCUT2D eigenvalue weighted by Crippen LogP contribution is 2.30. The number of H-pyrrole nitrogens is 1. The molecule has 0 atom stereocenters. The molecule has 0 saturated heterocycles. The number of carbonyl (C=O) groups excluding carboxylic acids is 1. The molecule has 4 rings (SSSR count). The third-order valence-corrected chi connectivity index (χ3v) is 3.42. The number of anilines is 1. The number of aromatic nitrogens is 4. The van der Waals surface area contributed by atoms with E-state index in [1.54, 1.807) is 16.9 Å². The van der Waals surface area contributed by atoms with Crippen LogP contribution in [0, 0.1) is 5.92 Å². The van der Waals surface area contributed by atoms with Crippen molar-refractivity contribution in [3.8, 4) is 5.95 Å². The molecule has 1 aliphatic rings. The van der Waals surface area contributed by atoms with Gasteiger partial charge in [-0.3, -0.25) is 4.79 Å². The summed E-state index contributed by atoms with van der Waals surface area (Å²) in [5.74, 6) is 1.46. The third kappa shape index (κ3) is 1.85. The van der Waals surface area contributed by atoms with Gasteiger partial charge in [0.2, 0.25) is 11.9 Å². The summed E-state index contributed by atoms with van der Waals surface area (Å²) in [5.41, 5.74) is 1.81. The minimum absolute atomic E-state index is 0.0582. The zero-order valence-electron chi connectivity index (χ0n) is 10.7. The van der Waals surface area contributed by atoms with Crippen molar-refractivity contribution in [3.05, 3.63) is 36.5 Å². The molecule has 0 radical (unpaired) electrons. The van der Waals surface area contributed by atoms with Crippen molar-refractivity contribution in [3.63, 3.8) is 0 Å². The molecule has 2 heterocycles. The summed E-state index contributed by atoms with van der Waals surface area (Å²) in [6.45, 7) is 0. The fourth-order valence-corrected chi connectivity index (χ4v) is 2.18. The standard InChI is InChI=1S/C14H13N5O/c20-13(9-5-6-9)18-12-7-8-15-19(12)14-16-10-3-1-2-4-11(10)17-14/h1-4,7-9H,5-6H2,(H,16,17)(H,18,20). The average molecular weight is 267 g/mol. The fourth-order valence-electron chi connectivity index (χ4n) is 2.18. The normalized spacial score (nSPS) is 14.6. The lowest BCUT2D eigenvalue weighted by atomic mass is 10.3. The van der Waals surface area contributed by atoms with Gasteiger partial charge >= 0.3 is 0 Å². The van der Waals surface area contributed by atoms with Crippen LogP contribution in [-0.4, -0.2) is 25.7 Å². The maximum Gasteiger partial charge on any atom is 0.231 e. The van der Waals surface area contributed by atoms with Crippen LogP contribution in [0.4, 0.5) is 5.82 Å². The SMILES string of the molecule is O=C(Nc1ccnn1-c1nc2ccccc2[nH]1)C1CC1. The van der Waals surface area contributed by atoms with Crippen LogP contribution in [0.3, 0.4) is 0 Å². The Hall–Kier alpha value is -2.63. The Morgan fingerprint density at radius 2 is 2.15 bits per heavy atom. The highest BCUT2D eigenvalue weighted by atomic mass is 16.2. The maximum absolute atomic E-state index is 11.8. The van der Waals surface area contributed by atoms with E-state index >= 15 is 0 Å². The van der Waals surface area contributed by atoms with Crippen molar-refractivity contribution in [2.75, 3.05) is 5.32 Å². The smallest absolute Gasteiger partial charge is 0.231 e. The van der Waals surface area contributed by atoms with Crippen LogP contribution in [0.1, 0.15) is 12.8 Å². The van der Waals surface area contributed by atoms with Crippen molar-refractivity contribution >= 4 is 22.8 Å². The molecule has 6 nitrogen and oxygen atoms in total. The summed E-state index contributed by atoms with van der Waals surface area (Å²) >= 11 is 0. The van der Waals surface area contributed by atoms with Crippen molar-refractivity contribution in [2.24, 2.45) is 5.92 Å². The van der Waals surface area contributed by atoms with Crippen molar-refractivity contribution < 1.29 is 4.79 Å². The minimum atomic E-state index is 0.0582. The largest absolute Gasteiger partial charge is 0.322 e. The topological polar surface area (TPSA) is 75.6 Å². The van der Waals surface area contributed by atoms with E-state index in [0.717, 1.165) is 23.9 Å². The molecule has 100 valence electrons. The van der Waals surface area contributed by atoms with Gasteiger partial charge in [0.1, 0.15) is 5.82 Å². The van der Waals surface area contributed by atoms with Crippen LogP contribution in [0.5, 0.6) is 0 Å². The lowest BCUT2D eigenvalue weighted by Gasteiger charge is -2.05. The summed E-state index contributed by atoms with van der Waals surface area (Å²) in [6.07, 6.45) is 3.60. The number of para-hydroxylation sites is 2.